The van der Waals surface area contributed by atoms with Crippen LogP contribution in [0.25, 0.3) is 0 Å². The van der Waals surface area contributed by atoms with E-state index < -0.39 is 0 Å². The van der Waals surface area contributed by atoms with Crippen LogP contribution in [-0.2, 0) is 16.6 Å². The van der Waals surface area contributed by atoms with E-state index in [2.05, 4.69) is 22.4 Å². The molecule has 0 aliphatic carbocycles. The molecule has 1 aromatic heterocycles. The SMILES string of the molecule is CCCCOC(=O)CNC(C)c1nncn1C. The van der Waals surface area contributed by atoms with Crippen LogP contribution in [0.15, 0.2) is 6.33 Å². The first kappa shape index (κ1) is 13.6. The highest BCUT2D eigenvalue weighted by molar-refractivity contribution is 5.71. The monoisotopic (exact) mass is 240 g/mol. The molecule has 17 heavy (non-hydrogen) atoms. The normalized spacial score (nSPS) is 12.4. The molecule has 6 heteroatoms. The number of rotatable bonds is 7. The summed E-state index contributed by atoms with van der Waals surface area (Å²) in [6.45, 7) is 4.68. The Morgan fingerprint density at radius 1 is 1.65 bits per heavy atom. The maximum absolute atomic E-state index is 11.3. The third-order valence-electron chi connectivity index (χ3n) is 2.45. The van der Waals surface area contributed by atoms with Gasteiger partial charge in [0.05, 0.1) is 19.2 Å². The molecule has 1 aromatic rings. The predicted octanol–water partition coefficient (Wildman–Crippen LogP) is 0.809. The number of aromatic nitrogens is 3. The molecule has 1 rings (SSSR count). The highest BCUT2D eigenvalue weighted by Crippen LogP contribution is 2.06. The highest BCUT2D eigenvalue weighted by atomic mass is 16.5. The van der Waals surface area contributed by atoms with E-state index in [1.54, 1.807) is 6.33 Å². The van der Waals surface area contributed by atoms with Gasteiger partial charge in [-0.25, -0.2) is 0 Å². The lowest BCUT2D eigenvalue weighted by Gasteiger charge is -2.12. The second-order valence-corrected chi connectivity index (χ2v) is 3.98. The minimum atomic E-state index is -0.229. The first-order valence-electron chi connectivity index (χ1n) is 5.88. The molecule has 0 fully saturated rings. The maximum Gasteiger partial charge on any atom is 0.319 e. The van der Waals surface area contributed by atoms with Gasteiger partial charge in [-0.3, -0.25) is 10.1 Å². The Labute approximate surface area is 101 Å². The van der Waals surface area contributed by atoms with E-state index in [0.717, 1.165) is 18.7 Å². The number of nitrogens with zero attached hydrogens (tertiary/aromatic N) is 3. The van der Waals surface area contributed by atoms with Crippen LogP contribution in [0, 0.1) is 0 Å². The van der Waals surface area contributed by atoms with Crippen LogP contribution in [0.2, 0.25) is 0 Å². The van der Waals surface area contributed by atoms with E-state index in [9.17, 15) is 4.79 Å². The van der Waals surface area contributed by atoms with Crippen LogP contribution < -0.4 is 5.32 Å². The summed E-state index contributed by atoms with van der Waals surface area (Å²) in [4.78, 5) is 11.3. The van der Waals surface area contributed by atoms with Crippen molar-refractivity contribution in [2.45, 2.75) is 32.7 Å². The second-order valence-electron chi connectivity index (χ2n) is 3.98. The maximum atomic E-state index is 11.3. The largest absolute Gasteiger partial charge is 0.465 e. The van der Waals surface area contributed by atoms with Gasteiger partial charge in [-0.1, -0.05) is 13.3 Å². The topological polar surface area (TPSA) is 69.0 Å². The third-order valence-corrected chi connectivity index (χ3v) is 2.45. The van der Waals surface area contributed by atoms with Crippen molar-refractivity contribution in [2.24, 2.45) is 7.05 Å². The first-order valence-corrected chi connectivity index (χ1v) is 5.88. The van der Waals surface area contributed by atoms with Gasteiger partial charge in [0.2, 0.25) is 0 Å². The van der Waals surface area contributed by atoms with Crippen LogP contribution in [0.3, 0.4) is 0 Å². The van der Waals surface area contributed by atoms with Crippen molar-refractivity contribution in [3.8, 4) is 0 Å². The Bertz CT molecular complexity index is 351. The van der Waals surface area contributed by atoms with Crippen LogP contribution in [0.5, 0.6) is 0 Å². The first-order chi connectivity index (χ1) is 8.15. The molecular formula is C11H20N4O2. The fourth-order valence-electron chi connectivity index (χ4n) is 1.39. The lowest BCUT2D eigenvalue weighted by atomic mass is 10.3. The van der Waals surface area contributed by atoms with Gasteiger partial charge in [0.15, 0.2) is 0 Å². The summed E-state index contributed by atoms with van der Waals surface area (Å²) in [5, 5.41) is 10.8. The number of esters is 1. The van der Waals surface area contributed by atoms with Crippen LogP contribution >= 0.6 is 0 Å². The van der Waals surface area contributed by atoms with Gasteiger partial charge < -0.3 is 9.30 Å². The number of aryl methyl sites for hydroxylation is 1. The van der Waals surface area contributed by atoms with Gasteiger partial charge in [-0.2, -0.15) is 0 Å². The Morgan fingerprint density at radius 3 is 3.00 bits per heavy atom. The van der Waals surface area contributed by atoms with Gasteiger partial charge in [-0.15, -0.1) is 10.2 Å². The van der Waals surface area contributed by atoms with Crippen molar-refractivity contribution in [3.63, 3.8) is 0 Å². The fraction of sp³-hybridized carbons (Fsp3) is 0.727. The highest BCUT2D eigenvalue weighted by Gasteiger charge is 2.12. The second kappa shape index (κ2) is 7.01. The molecular weight excluding hydrogens is 220 g/mol. The van der Waals surface area contributed by atoms with E-state index in [4.69, 9.17) is 4.74 Å². The molecule has 96 valence electrons. The molecule has 1 N–H and O–H groups in total. The minimum Gasteiger partial charge on any atom is -0.465 e. The smallest absolute Gasteiger partial charge is 0.319 e. The van der Waals surface area contributed by atoms with Crippen molar-refractivity contribution in [2.75, 3.05) is 13.2 Å². The van der Waals surface area contributed by atoms with Crippen molar-refractivity contribution in [3.05, 3.63) is 12.2 Å². The Kier molecular flexibility index (Phi) is 5.62. The van der Waals surface area contributed by atoms with Crippen molar-refractivity contribution < 1.29 is 9.53 Å². The van der Waals surface area contributed by atoms with Gasteiger partial charge >= 0.3 is 5.97 Å². The standard InChI is InChI=1S/C11H20N4O2/c1-4-5-6-17-10(16)7-12-9(2)11-14-13-8-15(11)3/h8-9,12H,4-7H2,1-3H3. The van der Waals surface area contributed by atoms with Gasteiger partial charge in [0.25, 0.3) is 0 Å². The molecule has 1 unspecified atom stereocenters. The van der Waals surface area contributed by atoms with Gasteiger partial charge in [-0.05, 0) is 13.3 Å². The zero-order chi connectivity index (χ0) is 12.7. The van der Waals surface area contributed by atoms with E-state index >= 15 is 0 Å². The summed E-state index contributed by atoms with van der Waals surface area (Å²) in [5.74, 6) is 0.568. The molecule has 0 aliphatic rings. The summed E-state index contributed by atoms with van der Waals surface area (Å²) in [5.41, 5.74) is 0. The van der Waals surface area contributed by atoms with E-state index in [0.29, 0.717) is 6.61 Å². The zero-order valence-corrected chi connectivity index (χ0v) is 10.6. The molecule has 0 saturated heterocycles. The van der Waals surface area contributed by atoms with Crippen LogP contribution in [0.4, 0.5) is 0 Å². The summed E-state index contributed by atoms with van der Waals surface area (Å²) in [6, 6.07) is -0.0266. The average Bonchev–Trinajstić information content (AvgIpc) is 2.73. The summed E-state index contributed by atoms with van der Waals surface area (Å²) in [6.07, 6.45) is 3.56. The summed E-state index contributed by atoms with van der Waals surface area (Å²) < 4.78 is 6.86. The number of hydrogen-bond acceptors (Lipinski definition) is 5. The number of ether oxygens (including phenoxy) is 1. The Morgan fingerprint density at radius 2 is 2.41 bits per heavy atom. The average molecular weight is 240 g/mol. The number of unbranched alkanes of at least 4 members (excludes halogenated alkanes) is 1. The van der Waals surface area contributed by atoms with Crippen molar-refractivity contribution >= 4 is 5.97 Å². The lowest BCUT2D eigenvalue weighted by molar-refractivity contribution is -0.142. The summed E-state index contributed by atoms with van der Waals surface area (Å²) in [7, 11) is 1.87. The van der Waals surface area contributed by atoms with E-state index in [1.807, 2.05) is 18.5 Å². The predicted molar refractivity (Wildman–Crippen MR) is 63.3 cm³/mol. The lowest BCUT2D eigenvalue weighted by Crippen LogP contribution is -2.29. The van der Waals surface area contributed by atoms with Gasteiger partial charge in [0.1, 0.15) is 12.2 Å². The Balaban J connectivity index is 2.26. The van der Waals surface area contributed by atoms with E-state index in [1.165, 1.54) is 0 Å². The third kappa shape index (κ3) is 4.52. The number of carbonyl (C=O) groups excluding carboxylic acids is 1. The Hall–Kier alpha value is -1.43. The zero-order valence-electron chi connectivity index (χ0n) is 10.6. The molecule has 6 nitrogen and oxygen atoms in total. The van der Waals surface area contributed by atoms with E-state index in [-0.39, 0.29) is 18.6 Å². The number of carbonyl (C=O) groups is 1. The molecule has 0 spiro atoms. The molecule has 1 atom stereocenters. The van der Waals surface area contributed by atoms with Crippen LogP contribution in [0.1, 0.15) is 38.6 Å². The molecule has 0 amide bonds. The summed E-state index contributed by atoms with van der Waals surface area (Å²) >= 11 is 0. The number of hydrogen-bond donors (Lipinski definition) is 1. The number of nitrogens with one attached hydrogen (secondary N) is 1. The fourth-order valence-corrected chi connectivity index (χ4v) is 1.39. The molecule has 0 aliphatic heterocycles. The van der Waals surface area contributed by atoms with Crippen molar-refractivity contribution in [1.29, 1.82) is 0 Å². The van der Waals surface area contributed by atoms with Crippen molar-refractivity contribution in [1.82, 2.24) is 20.1 Å². The molecule has 0 aromatic carbocycles. The molecule has 0 radical (unpaired) electrons. The quantitative estimate of drug-likeness (QED) is 0.564. The molecule has 0 bridgehead atoms. The van der Waals surface area contributed by atoms with Gasteiger partial charge in [0, 0.05) is 7.05 Å². The molecule has 0 saturated carbocycles. The molecule has 1 heterocycles. The minimum absolute atomic E-state index is 0.0266. The van der Waals surface area contributed by atoms with Crippen LogP contribution in [-0.4, -0.2) is 33.9 Å².